The molecule has 1 saturated heterocycles. The Labute approximate surface area is 245 Å². The van der Waals surface area contributed by atoms with Gasteiger partial charge < -0.3 is 29.0 Å². The maximum Gasteiger partial charge on any atom is 0.308 e. The molecule has 1 fully saturated rings. The molecular weight excluding hydrogens is 542 g/mol. The van der Waals surface area contributed by atoms with Gasteiger partial charge in [-0.3, -0.25) is 19.3 Å². The van der Waals surface area contributed by atoms with E-state index in [1.807, 2.05) is 55.3 Å². The van der Waals surface area contributed by atoms with Gasteiger partial charge in [-0.2, -0.15) is 0 Å². The second-order valence-electron chi connectivity index (χ2n) is 10.8. The first-order valence-corrected chi connectivity index (χ1v) is 14.5. The minimum Gasteiger partial charge on any atom is -0.494 e. The Balaban J connectivity index is 1.47. The molecule has 3 aromatic rings. The van der Waals surface area contributed by atoms with E-state index in [-0.39, 0.29) is 25.1 Å². The molecule has 0 spiro atoms. The van der Waals surface area contributed by atoms with Gasteiger partial charge in [-0.1, -0.05) is 32.0 Å². The highest BCUT2D eigenvalue weighted by molar-refractivity contribution is 5.87. The van der Waals surface area contributed by atoms with Crippen LogP contribution in [0.4, 0.5) is 0 Å². The molecule has 3 heterocycles. The lowest BCUT2D eigenvalue weighted by Gasteiger charge is -2.29. The van der Waals surface area contributed by atoms with Gasteiger partial charge in [0.05, 0.1) is 26.2 Å². The van der Waals surface area contributed by atoms with Crippen LogP contribution in [-0.2, 0) is 21.0 Å². The molecule has 2 aromatic carbocycles. The summed E-state index contributed by atoms with van der Waals surface area (Å²) in [6.45, 7) is 5.62. The third-order valence-electron chi connectivity index (χ3n) is 8.07. The Hall–Kier alpha value is -3.96. The van der Waals surface area contributed by atoms with Crippen LogP contribution in [0.5, 0.6) is 23.1 Å². The van der Waals surface area contributed by atoms with Crippen molar-refractivity contribution in [3.63, 3.8) is 0 Å². The third kappa shape index (κ3) is 5.84. The SMILES string of the molecule is CCCON(CCC)C(=O)CN1C[C@H](c2cc(OC)c3c(c2)OCO3)[C@@H](C(=O)O)[C@@H]1CCn1cc2ccccc2c1O. The number of carboxylic acids is 1. The molecule has 0 saturated carbocycles. The summed E-state index contributed by atoms with van der Waals surface area (Å²) >= 11 is 0. The molecule has 226 valence electrons. The van der Waals surface area contributed by atoms with Crippen molar-refractivity contribution in [1.29, 1.82) is 0 Å². The van der Waals surface area contributed by atoms with Crippen LogP contribution in [0, 0.1) is 5.92 Å². The lowest BCUT2D eigenvalue weighted by Crippen LogP contribution is -2.44. The number of carbonyl (C=O) groups is 2. The summed E-state index contributed by atoms with van der Waals surface area (Å²) in [6.07, 6.45) is 3.77. The van der Waals surface area contributed by atoms with Crippen molar-refractivity contribution in [2.24, 2.45) is 5.92 Å². The van der Waals surface area contributed by atoms with E-state index in [1.54, 1.807) is 10.6 Å². The molecule has 0 bridgehead atoms. The van der Waals surface area contributed by atoms with Crippen molar-refractivity contribution < 1.29 is 38.9 Å². The molecule has 2 aliphatic rings. The van der Waals surface area contributed by atoms with Gasteiger partial charge in [-0.25, -0.2) is 5.06 Å². The zero-order valence-electron chi connectivity index (χ0n) is 24.3. The van der Waals surface area contributed by atoms with Crippen molar-refractivity contribution in [2.45, 2.75) is 51.6 Å². The predicted molar refractivity (Wildman–Crippen MR) is 155 cm³/mol. The molecule has 0 unspecified atom stereocenters. The van der Waals surface area contributed by atoms with Crippen LogP contribution in [0.3, 0.4) is 0 Å². The minimum atomic E-state index is -0.953. The van der Waals surface area contributed by atoms with Crippen LogP contribution < -0.4 is 14.2 Å². The first kappa shape index (κ1) is 29.5. The number of nitrogens with zero attached hydrogens (tertiary/aromatic N) is 3. The average Bonchev–Trinajstić information content (AvgIpc) is 3.69. The molecule has 5 rings (SSSR count). The van der Waals surface area contributed by atoms with E-state index in [4.69, 9.17) is 19.0 Å². The van der Waals surface area contributed by atoms with Gasteiger partial charge in [0.15, 0.2) is 17.4 Å². The lowest BCUT2D eigenvalue weighted by molar-refractivity contribution is -0.188. The number of amides is 1. The predicted octanol–water partition coefficient (Wildman–Crippen LogP) is 4.22. The maximum absolute atomic E-state index is 13.5. The number of carbonyl (C=O) groups excluding carboxylic acids is 1. The highest BCUT2D eigenvalue weighted by Gasteiger charge is 2.47. The summed E-state index contributed by atoms with van der Waals surface area (Å²) in [5, 5.41) is 24.5. The Morgan fingerprint density at radius 3 is 2.67 bits per heavy atom. The first-order valence-electron chi connectivity index (χ1n) is 14.5. The zero-order valence-corrected chi connectivity index (χ0v) is 24.3. The van der Waals surface area contributed by atoms with Crippen molar-refractivity contribution >= 4 is 22.6 Å². The van der Waals surface area contributed by atoms with E-state index in [1.165, 1.54) is 12.2 Å². The Morgan fingerprint density at radius 2 is 1.95 bits per heavy atom. The average molecular weight is 582 g/mol. The minimum absolute atomic E-state index is 0.00990. The van der Waals surface area contributed by atoms with Crippen molar-refractivity contribution in [2.75, 3.05) is 40.1 Å². The quantitative estimate of drug-likeness (QED) is 0.286. The number of methoxy groups -OCH3 is 1. The smallest absolute Gasteiger partial charge is 0.308 e. The highest BCUT2D eigenvalue weighted by Crippen LogP contribution is 2.47. The van der Waals surface area contributed by atoms with E-state index < -0.39 is 23.8 Å². The topological polar surface area (TPSA) is 123 Å². The van der Waals surface area contributed by atoms with Gasteiger partial charge in [0.25, 0.3) is 5.91 Å². The number of aromatic nitrogens is 1. The summed E-state index contributed by atoms with van der Waals surface area (Å²) < 4.78 is 18.5. The lowest BCUT2D eigenvalue weighted by atomic mass is 9.84. The van der Waals surface area contributed by atoms with E-state index in [0.717, 1.165) is 29.2 Å². The number of aromatic hydroxyl groups is 1. The number of aryl methyl sites for hydroxylation is 1. The molecule has 42 heavy (non-hydrogen) atoms. The fourth-order valence-corrected chi connectivity index (χ4v) is 6.11. The number of ether oxygens (including phenoxy) is 3. The molecule has 11 nitrogen and oxygen atoms in total. The third-order valence-corrected chi connectivity index (χ3v) is 8.07. The number of hydrogen-bond donors (Lipinski definition) is 2. The highest BCUT2D eigenvalue weighted by atomic mass is 16.7. The molecule has 1 aromatic heterocycles. The van der Waals surface area contributed by atoms with Crippen LogP contribution in [0.15, 0.2) is 42.6 Å². The standard InChI is InChI=1S/C31H39N3O8/c1-4-11-34(42-13-5-2)27(35)18-33-17-23(21-14-25(39-3)29-26(15-21)40-19-41-29)28(31(37)38)24(33)10-12-32-16-20-8-6-7-9-22(20)30(32)36/h6-9,14-16,23-24,28,36H,4-5,10-13,17-19H2,1-3H3,(H,37,38)/t23-,24+,28-/m1/s1. The van der Waals surface area contributed by atoms with Crippen LogP contribution >= 0.6 is 0 Å². The summed E-state index contributed by atoms with van der Waals surface area (Å²) in [5.41, 5.74) is 0.741. The number of hydrogen-bond acceptors (Lipinski definition) is 8. The first-order chi connectivity index (χ1) is 20.4. The monoisotopic (exact) mass is 581 g/mol. The van der Waals surface area contributed by atoms with Crippen LogP contribution in [0.25, 0.3) is 10.8 Å². The van der Waals surface area contributed by atoms with Gasteiger partial charge in [0.1, 0.15) is 0 Å². The fraction of sp³-hybridized carbons (Fsp3) is 0.484. The van der Waals surface area contributed by atoms with Crippen molar-refractivity contribution in [3.05, 3.63) is 48.2 Å². The van der Waals surface area contributed by atoms with E-state index in [2.05, 4.69) is 0 Å². The van der Waals surface area contributed by atoms with E-state index in [9.17, 15) is 19.8 Å². The van der Waals surface area contributed by atoms with Gasteiger partial charge in [0.2, 0.25) is 12.5 Å². The largest absolute Gasteiger partial charge is 0.494 e. The number of hydroxylamine groups is 2. The van der Waals surface area contributed by atoms with Crippen molar-refractivity contribution in [1.82, 2.24) is 14.5 Å². The Morgan fingerprint density at radius 1 is 1.14 bits per heavy atom. The van der Waals surface area contributed by atoms with Crippen LogP contribution in [0.1, 0.15) is 44.6 Å². The molecular formula is C31H39N3O8. The molecule has 2 N–H and O–H groups in total. The normalized spacial score (nSPS) is 19.8. The molecule has 0 radical (unpaired) electrons. The summed E-state index contributed by atoms with van der Waals surface area (Å²) in [4.78, 5) is 34.1. The number of benzene rings is 2. The summed E-state index contributed by atoms with van der Waals surface area (Å²) in [5.74, 6) is -0.829. The van der Waals surface area contributed by atoms with E-state index in [0.29, 0.717) is 49.9 Å². The Kier molecular flexibility index (Phi) is 9.08. The number of rotatable bonds is 13. The molecule has 2 aliphatic heterocycles. The number of aliphatic carboxylic acids is 1. The molecule has 3 atom stereocenters. The molecule has 1 amide bonds. The van der Waals surface area contributed by atoms with Gasteiger partial charge in [0, 0.05) is 48.6 Å². The van der Waals surface area contributed by atoms with Crippen molar-refractivity contribution in [3.8, 4) is 23.1 Å². The maximum atomic E-state index is 13.5. The van der Waals surface area contributed by atoms with Gasteiger partial charge >= 0.3 is 5.97 Å². The van der Waals surface area contributed by atoms with Crippen LogP contribution in [0.2, 0.25) is 0 Å². The number of likely N-dealkylation sites (tertiary alicyclic amines) is 1. The number of fused-ring (bicyclic) bond motifs is 2. The van der Waals surface area contributed by atoms with E-state index >= 15 is 0 Å². The second kappa shape index (κ2) is 12.9. The fourth-order valence-electron chi connectivity index (χ4n) is 6.11. The van der Waals surface area contributed by atoms with Crippen LogP contribution in [-0.4, -0.2) is 82.8 Å². The zero-order chi connectivity index (χ0) is 29.8. The van der Waals surface area contributed by atoms with Gasteiger partial charge in [-0.15, -0.1) is 0 Å². The summed E-state index contributed by atoms with van der Waals surface area (Å²) in [7, 11) is 1.53. The van der Waals surface area contributed by atoms with Gasteiger partial charge in [-0.05, 0) is 43.0 Å². The Bertz CT molecular complexity index is 1420. The second-order valence-corrected chi connectivity index (χ2v) is 10.8. The molecule has 11 heteroatoms. The molecule has 0 aliphatic carbocycles. The summed E-state index contributed by atoms with van der Waals surface area (Å²) in [6, 6.07) is 10.7. The number of carboxylic acid groups (broad SMARTS) is 1.